The number of rotatable bonds is 5. The molecule has 0 saturated heterocycles. The molecule has 2 unspecified atom stereocenters. The van der Waals surface area contributed by atoms with Gasteiger partial charge in [0.25, 0.3) is 0 Å². The lowest BCUT2D eigenvalue weighted by Crippen LogP contribution is -2.23. The van der Waals surface area contributed by atoms with E-state index in [2.05, 4.69) is 24.1 Å². The molecule has 1 heterocycles. The van der Waals surface area contributed by atoms with Gasteiger partial charge in [0, 0.05) is 22.5 Å². The number of nitrogens with zero attached hydrogens (tertiary/aromatic N) is 1. The second-order valence-electron chi connectivity index (χ2n) is 5.17. The fourth-order valence-electron chi connectivity index (χ4n) is 2.53. The maximum Gasteiger partial charge on any atom is 0.123 e. The molecule has 0 aliphatic rings. The van der Waals surface area contributed by atoms with Crippen molar-refractivity contribution in [2.24, 2.45) is 0 Å². The average Bonchev–Trinajstić information content (AvgIpc) is 2.77. The summed E-state index contributed by atoms with van der Waals surface area (Å²) < 4.78 is 18.8. The van der Waals surface area contributed by atoms with Crippen molar-refractivity contribution in [3.63, 3.8) is 0 Å². The third kappa shape index (κ3) is 3.60. The molecule has 2 atom stereocenters. The number of benzene rings is 1. The van der Waals surface area contributed by atoms with E-state index < -0.39 is 0 Å². The fourth-order valence-corrected chi connectivity index (χ4v) is 3.45. The number of thiazole rings is 1. The quantitative estimate of drug-likeness (QED) is 0.893. The third-order valence-electron chi connectivity index (χ3n) is 3.51. The number of methoxy groups -OCH3 is 1. The molecule has 0 saturated carbocycles. The maximum atomic E-state index is 13.5. The van der Waals surface area contributed by atoms with Gasteiger partial charge >= 0.3 is 0 Å². The van der Waals surface area contributed by atoms with Crippen LogP contribution in [-0.2, 0) is 0 Å². The zero-order valence-electron chi connectivity index (χ0n) is 13.0. The fraction of sp³-hybridized carbons (Fsp3) is 0.438. The Morgan fingerprint density at radius 3 is 2.52 bits per heavy atom. The Morgan fingerprint density at radius 1 is 1.24 bits per heavy atom. The topological polar surface area (TPSA) is 34.1 Å². The molecule has 0 spiro atoms. The summed E-state index contributed by atoms with van der Waals surface area (Å²) in [6.07, 6.45) is 0. The van der Waals surface area contributed by atoms with Gasteiger partial charge in [0.15, 0.2) is 0 Å². The van der Waals surface area contributed by atoms with Crippen molar-refractivity contribution in [3.05, 3.63) is 45.2 Å². The summed E-state index contributed by atoms with van der Waals surface area (Å²) in [5.74, 6) is 0.433. The lowest BCUT2D eigenvalue weighted by Gasteiger charge is -2.21. The van der Waals surface area contributed by atoms with Crippen LogP contribution in [0.25, 0.3) is 0 Å². The van der Waals surface area contributed by atoms with Gasteiger partial charge in [-0.05, 0) is 45.9 Å². The van der Waals surface area contributed by atoms with E-state index in [1.165, 1.54) is 17.0 Å². The van der Waals surface area contributed by atoms with E-state index in [0.29, 0.717) is 5.75 Å². The minimum Gasteiger partial charge on any atom is -0.496 e. The van der Waals surface area contributed by atoms with Crippen molar-refractivity contribution in [1.29, 1.82) is 0 Å². The Labute approximate surface area is 129 Å². The number of aryl methyl sites for hydroxylation is 2. The molecule has 0 aliphatic carbocycles. The number of hydrogen-bond donors (Lipinski definition) is 1. The lowest BCUT2D eigenvalue weighted by atomic mass is 10.1. The first-order chi connectivity index (χ1) is 9.92. The molecule has 0 amide bonds. The van der Waals surface area contributed by atoms with Gasteiger partial charge in [-0.25, -0.2) is 9.37 Å². The van der Waals surface area contributed by atoms with E-state index in [1.54, 1.807) is 24.5 Å². The van der Waals surface area contributed by atoms with Crippen molar-refractivity contribution in [3.8, 4) is 5.75 Å². The van der Waals surface area contributed by atoms with Gasteiger partial charge < -0.3 is 10.1 Å². The lowest BCUT2D eigenvalue weighted by molar-refractivity contribution is 0.394. The Morgan fingerprint density at radius 2 is 1.95 bits per heavy atom. The summed E-state index contributed by atoms with van der Waals surface area (Å²) in [6, 6.07) is 4.64. The van der Waals surface area contributed by atoms with Crippen molar-refractivity contribution < 1.29 is 9.13 Å². The van der Waals surface area contributed by atoms with Gasteiger partial charge in [0.1, 0.15) is 11.6 Å². The number of ether oxygens (including phenoxy) is 1. The maximum absolute atomic E-state index is 13.5. The second-order valence-corrected chi connectivity index (χ2v) is 6.58. The summed E-state index contributed by atoms with van der Waals surface area (Å²) in [5.41, 5.74) is 1.87. The van der Waals surface area contributed by atoms with Crippen LogP contribution in [0.3, 0.4) is 0 Å². The van der Waals surface area contributed by atoms with Gasteiger partial charge in [0.05, 0.1) is 17.8 Å². The Hall–Kier alpha value is -1.46. The van der Waals surface area contributed by atoms with Crippen LogP contribution >= 0.6 is 11.3 Å². The molecule has 2 aromatic rings. The molecule has 0 radical (unpaired) electrons. The predicted octanol–water partition coefficient (Wildman–Crippen LogP) is 4.32. The van der Waals surface area contributed by atoms with Crippen molar-refractivity contribution in [2.75, 3.05) is 7.11 Å². The van der Waals surface area contributed by atoms with E-state index in [9.17, 15) is 4.39 Å². The summed E-state index contributed by atoms with van der Waals surface area (Å²) in [7, 11) is 1.60. The van der Waals surface area contributed by atoms with Gasteiger partial charge in [-0.2, -0.15) is 0 Å². The van der Waals surface area contributed by atoms with E-state index in [-0.39, 0.29) is 17.9 Å². The molecule has 21 heavy (non-hydrogen) atoms. The van der Waals surface area contributed by atoms with Gasteiger partial charge in [-0.3, -0.25) is 0 Å². The molecular weight excluding hydrogens is 287 g/mol. The molecule has 0 bridgehead atoms. The van der Waals surface area contributed by atoms with Crippen LogP contribution in [0.4, 0.5) is 4.39 Å². The number of hydrogen-bond acceptors (Lipinski definition) is 4. The van der Waals surface area contributed by atoms with Crippen LogP contribution in [0.5, 0.6) is 5.75 Å². The van der Waals surface area contributed by atoms with Crippen LogP contribution in [-0.4, -0.2) is 12.1 Å². The van der Waals surface area contributed by atoms with E-state index in [1.807, 2.05) is 13.8 Å². The molecule has 5 heteroatoms. The normalized spacial score (nSPS) is 14.0. The van der Waals surface area contributed by atoms with Gasteiger partial charge in [0.2, 0.25) is 0 Å². The molecular formula is C16H21FN2OS. The first-order valence-electron chi connectivity index (χ1n) is 6.95. The summed E-state index contributed by atoms with van der Waals surface area (Å²) in [6.45, 7) is 8.16. The van der Waals surface area contributed by atoms with Crippen LogP contribution < -0.4 is 10.1 Å². The minimum absolute atomic E-state index is 0.0351. The average molecular weight is 308 g/mol. The standard InChI is InChI=1S/C16H21FN2OS/c1-9(14-8-13(17)6-7-15(14)20-5)18-10(2)16-11(3)21-12(4)19-16/h6-10,18H,1-5H3. The summed E-state index contributed by atoms with van der Waals surface area (Å²) in [5, 5.41) is 4.53. The van der Waals surface area contributed by atoms with Crippen molar-refractivity contribution in [1.82, 2.24) is 10.3 Å². The molecule has 0 fully saturated rings. The zero-order chi connectivity index (χ0) is 15.6. The molecule has 2 rings (SSSR count). The van der Waals surface area contributed by atoms with E-state index in [4.69, 9.17) is 4.74 Å². The first kappa shape index (κ1) is 15.9. The second kappa shape index (κ2) is 6.54. The SMILES string of the molecule is COc1ccc(F)cc1C(C)NC(C)c1nc(C)sc1C. The van der Waals surface area contributed by atoms with Crippen LogP contribution in [0.1, 0.15) is 47.1 Å². The predicted molar refractivity (Wildman–Crippen MR) is 84.5 cm³/mol. The number of nitrogens with one attached hydrogen (secondary N) is 1. The van der Waals surface area contributed by atoms with Crippen LogP contribution in [0, 0.1) is 19.7 Å². The highest BCUT2D eigenvalue weighted by molar-refractivity contribution is 7.11. The molecule has 114 valence electrons. The Balaban J connectivity index is 2.19. The van der Waals surface area contributed by atoms with Crippen molar-refractivity contribution >= 4 is 11.3 Å². The van der Waals surface area contributed by atoms with Crippen LogP contribution in [0.15, 0.2) is 18.2 Å². The van der Waals surface area contributed by atoms with E-state index >= 15 is 0 Å². The molecule has 3 nitrogen and oxygen atoms in total. The number of aromatic nitrogens is 1. The molecule has 1 aromatic heterocycles. The third-order valence-corrected chi connectivity index (χ3v) is 4.41. The zero-order valence-corrected chi connectivity index (χ0v) is 13.8. The largest absolute Gasteiger partial charge is 0.496 e. The number of halogens is 1. The van der Waals surface area contributed by atoms with Gasteiger partial charge in [-0.15, -0.1) is 11.3 Å². The molecule has 1 N–H and O–H groups in total. The van der Waals surface area contributed by atoms with Gasteiger partial charge in [-0.1, -0.05) is 0 Å². The smallest absolute Gasteiger partial charge is 0.123 e. The monoisotopic (exact) mass is 308 g/mol. The Kier molecular flexibility index (Phi) is 4.96. The van der Waals surface area contributed by atoms with E-state index in [0.717, 1.165) is 16.3 Å². The highest BCUT2D eigenvalue weighted by Crippen LogP contribution is 2.29. The molecule has 1 aromatic carbocycles. The highest BCUT2D eigenvalue weighted by atomic mass is 32.1. The summed E-state index contributed by atoms with van der Waals surface area (Å²) in [4.78, 5) is 5.78. The molecule has 0 aliphatic heterocycles. The first-order valence-corrected chi connectivity index (χ1v) is 7.77. The van der Waals surface area contributed by atoms with Crippen molar-refractivity contribution in [2.45, 2.75) is 39.8 Å². The summed E-state index contributed by atoms with van der Waals surface area (Å²) >= 11 is 1.69. The Bertz CT molecular complexity index is 627. The highest BCUT2D eigenvalue weighted by Gasteiger charge is 2.18. The minimum atomic E-state index is -0.257. The van der Waals surface area contributed by atoms with Crippen LogP contribution in [0.2, 0.25) is 0 Å².